The summed E-state index contributed by atoms with van der Waals surface area (Å²) in [6.45, 7) is 3.50. The Labute approximate surface area is 161 Å². The average Bonchev–Trinajstić information content (AvgIpc) is 3.41. The maximum absolute atomic E-state index is 13.2. The molecule has 6 nitrogen and oxygen atoms in total. The molecule has 3 aromatic rings. The highest BCUT2D eigenvalue weighted by Crippen LogP contribution is 2.40. The summed E-state index contributed by atoms with van der Waals surface area (Å²) in [5, 5.41) is 4.31. The Kier molecular flexibility index (Phi) is 4.04. The zero-order valence-electron chi connectivity index (χ0n) is 15.2. The number of nitrogens with one attached hydrogen (secondary N) is 1. The summed E-state index contributed by atoms with van der Waals surface area (Å²) in [7, 11) is 0. The summed E-state index contributed by atoms with van der Waals surface area (Å²) in [6, 6.07) is 6.28. The Hall–Kier alpha value is -2.54. The molecule has 1 saturated heterocycles. The molecule has 1 N–H and O–H groups in total. The molecule has 1 saturated carbocycles. The molecule has 2 atom stereocenters. The van der Waals surface area contributed by atoms with Crippen molar-refractivity contribution in [2.24, 2.45) is 5.92 Å². The van der Waals surface area contributed by atoms with Crippen LogP contribution in [0.25, 0.3) is 10.2 Å². The third kappa shape index (κ3) is 2.86. The Morgan fingerprint density at radius 2 is 2.22 bits per heavy atom. The zero-order chi connectivity index (χ0) is 18.4. The summed E-state index contributed by atoms with van der Waals surface area (Å²) in [5.41, 5.74) is 1.92. The van der Waals surface area contributed by atoms with Crippen LogP contribution in [-0.4, -0.2) is 38.3 Å². The van der Waals surface area contributed by atoms with E-state index in [4.69, 9.17) is 0 Å². The number of fused-ring (bicyclic) bond motifs is 3. The van der Waals surface area contributed by atoms with Crippen LogP contribution in [0, 0.1) is 12.8 Å². The van der Waals surface area contributed by atoms with E-state index in [2.05, 4.69) is 25.2 Å². The Balaban J connectivity index is 1.45. The van der Waals surface area contributed by atoms with E-state index in [1.54, 1.807) is 12.5 Å². The van der Waals surface area contributed by atoms with Gasteiger partial charge in [-0.2, -0.15) is 0 Å². The van der Waals surface area contributed by atoms with E-state index < -0.39 is 0 Å². The molecule has 0 spiro atoms. The fourth-order valence-electron chi connectivity index (χ4n) is 4.39. The molecule has 2 fully saturated rings. The van der Waals surface area contributed by atoms with Crippen molar-refractivity contribution in [1.29, 1.82) is 0 Å². The van der Waals surface area contributed by atoms with E-state index in [1.165, 1.54) is 24.2 Å². The van der Waals surface area contributed by atoms with E-state index in [0.717, 1.165) is 45.1 Å². The zero-order valence-corrected chi connectivity index (χ0v) is 16.0. The Bertz CT molecular complexity index is 1000. The minimum absolute atomic E-state index is 0.165. The Morgan fingerprint density at radius 1 is 1.30 bits per heavy atom. The van der Waals surface area contributed by atoms with Gasteiger partial charge >= 0.3 is 0 Å². The normalized spacial score (nSPS) is 21.1. The van der Waals surface area contributed by atoms with Crippen LogP contribution >= 0.6 is 11.3 Å². The number of carbonyl (C=O) groups is 1. The van der Waals surface area contributed by atoms with Crippen LogP contribution in [-0.2, 0) is 6.54 Å². The van der Waals surface area contributed by atoms with E-state index in [1.807, 2.05) is 25.1 Å². The maximum atomic E-state index is 13.2. The smallest absolute Gasteiger partial charge is 0.264 e. The predicted octanol–water partition coefficient (Wildman–Crippen LogP) is 3.63. The van der Waals surface area contributed by atoms with Crippen molar-refractivity contribution in [3.8, 4) is 0 Å². The first-order valence-electron chi connectivity index (χ1n) is 9.39. The summed E-state index contributed by atoms with van der Waals surface area (Å²) >= 11 is 1.48. The maximum Gasteiger partial charge on any atom is 0.264 e. The summed E-state index contributed by atoms with van der Waals surface area (Å²) < 4.78 is 0. The van der Waals surface area contributed by atoms with Gasteiger partial charge in [0.05, 0.1) is 22.5 Å². The van der Waals surface area contributed by atoms with Crippen molar-refractivity contribution in [2.45, 2.75) is 38.8 Å². The summed E-state index contributed by atoms with van der Waals surface area (Å²) in [6.07, 6.45) is 6.93. The minimum atomic E-state index is 0.165. The quantitative estimate of drug-likeness (QED) is 0.749. The van der Waals surface area contributed by atoms with Crippen molar-refractivity contribution in [2.75, 3.05) is 11.9 Å². The first-order chi connectivity index (χ1) is 13.2. The predicted molar refractivity (Wildman–Crippen MR) is 106 cm³/mol. The number of amides is 1. The van der Waals surface area contributed by atoms with Crippen molar-refractivity contribution in [3.63, 3.8) is 0 Å². The highest BCUT2D eigenvalue weighted by molar-refractivity contribution is 7.20. The van der Waals surface area contributed by atoms with E-state index in [9.17, 15) is 4.79 Å². The van der Waals surface area contributed by atoms with E-state index >= 15 is 0 Å². The van der Waals surface area contributed by atoms with E-state index in [0.29, 0.717) is 18.5 Å². The fourth-order valence-corrected chi connectivity index (χ4v) is 5.50. The molecular weight excluding hydrogens is 358 g/mol. The number of pyridine rings is 1. The molecule has 2 unspecified atom stereocenters. The number of aromatic nitrogens is 3. The molecule has 5 rings (SSSR count). The van der Waals surface area contributed by atoms with Crippen LogP contribution in [0.5, 0.6) is 0 Å². The van der Waals surface area contributed by atoms with Gasteiger partial charge in [0.2, 0.25) is 0 Å². The molecule has 2 aliphatic rings. The number of hydrogen-bond donors (Lipinski definition) is 1. The molecule has 138 valence electrons. The number of likely N-dealkylation sites (tertiary alicyclic amines) is 1. The van der Waals surface area contributed by atoms with Gasteiger partial charge in [-0.15, -0.1) is 11.3 Å². The fraction of sp³-hybridized carbons (Fsp3) is 0.400. The number of anilines is 1. The van der Waals surface area contributed by atoms with Crippen molar-refractivity contribution < 1.29 is 4.79 Å². The average molecular weight is 379 g/mol. The first-order valence-corrected chi connectivity index (χ1v) is 10.2. The van der Waals surface area contributed by atoms with Gasteiger partial charge in [-0.05, 0) is 49.8 Å². The lowest BCUT2D eigenvalue weighted by atomic mass is 10.1. The Morgan fingerprint density at radius 3 is 2.96 bits per heavy atom. The van der Waals surface area contributed by atoms with Gasteiger partial charge < -0.3 is 10.2 Å². The van der Waals surface area contributed by atoms with Crippen LogP contribution in [0.3, 0.4) is 0 Å². The lowest BCUT2D eigenvalue weighted by molar-refractivity contribution is 0.0708. The van der Waals surface area contributed by atoms with E-state index in [-0.39, 0.29) is 5.91 Å². The second-order valence-electron chi connectivity index (χ2n) is 7.42. The molecular formula is C20H21N5OS. The minimum Gasteiger partial charge on any atom is -0.364 e. The third-order valence-corrected chi connectivity index (χ3v) is 6.94. The van der Waals surface area contributed by atoms with Crippen molar-refractivity contribution >= 4 is 33.3 Å². The molecule has 0 aromatic carbocycles. The number of hydrogen-bond acceptors (Lipinski definition) is 6. The van der Waals surface area contributed by atoms with Crippen LogP contribution in [0.1, 0.15) is 40.2 Å². The van der Waals surface area contributed by atoms with Gasteiger partial charge in [-0.1, -0.05) is 6.07 Å². The van der Waals surface area contributed by atoms with Gasteiger partial charge in [-0.25, -0.2) is 9.97 Å². The first kappa shape index (κ1) is 16.6. The number of piperidine rings is 1. The van der Waals surface area contributed by atoms with Gasteiger partial charge in [0, 0.05) is 18.8 Å². The number of aryl methyl sites for hydroxylation is 1. The highest BCUT2D eigenvalue weighted by atomic mass is 32.1. The topological polar surface area (TPSA) is 71.0 Å². The summed E-state index contributed by atoms with van der Waals surface area (Å²) in [4.78, 5) is 30.1. The highest BCUT2D eigenvalue weighted by Gasteiger charge is 2.41. The van der Waals surface area contributed by atoms with Crippen LogP contribution in [0.2, 0.25) is 0 Å². The molecule has 0 radical (unpaired) electrons. The number of thiophene rings is 1. The van der Waals surface area contributed by atoms with Crippen molar-refractivity contribution in [3.05, 3.63) is 46.9 Å². The second kappa shape index (κ2) is 6.56. The molecule has 1 amide bonds. The largest absolute Gasteiger partial charge is 0.364 e. The van der Waals surface area contributed by atoms with Crippen molar-refractivity contribution in [1.82, 2.24) is 19.9 Å². The van der Waals surface area contributed by atoms with Crippen LogP contribution < -0.4 is 5.32 Å². The molecule has 27 heavy (non-hydrogen) atoms. The molecule has 7 heteroatoms. The number of rotatable bonds is 4. The lowest BCUT2D eigenvalue weighted by Gasteiger charge is -2.26. The lowest BCUT2D eigenvalue weighted by Crippen LogP contribution is -2.37. The standard InChI is InChI=1S/C20H21N5OS/c1-12-16-18(22-9-14-4-2-3-7-21-14)23-11-24-19(16)27-17(12)20(26)25-10-13-5-6-15(25)8-13/h2-4,7,11,13,15H,5-6,8-10H2,1H3,(H,22,23,24). The van der Waals surface area contributed by atoms with Crippen LogP contribution in [0.15, 0.2) is 30.7 Å². The van der Waals surface area contributed by atoms with Gasteiger partial charge in [-0.3, -0.25) is 9.78 Å². The van der Waals surface area contributed by atoms with Crippen LogP contribution in [0.4, 0.5) is 5.82 Å². The molecule has 3 aromatic heterocycles. The summed E-state index contributed by atoms with van der Waals surface area (Å²) in [5.74, 6) is 1.63. The van der Waals surface area contributed by atoms with Gasteiger partial charge in [0.1, 0.15) is 17.0 Å². The third-order valence-electron chi connectivity index (χ3n) is 5.75. The number of carbonyl (C=O) groups excluding carboxylic acids is 1. The SMILES string of the molecule is Cc1c(C(=O)N2CC3CCC2C3)sc2ncnc(NCc3ccccn3)c12. The molecule has 2 bridgehead atoms. The second-order valence-corrected chi connectivity index (χ2v) is 8.42. The monoisotopic (exact) mass is 379 g/mol. The van der Waals surface area contributed by atoms with Gasteiger partial charge in [0.15, 0.2) is 0 Å². The molecule has 4 heterocycles. The number of nitrogens with zero attached hydrogens (tertiary/aromatic N) is 4. The molecule has 1 aliphatic carbocycles. The van der Waals surface area contributed by atoms with Gasteiger partial charge in [0.25, 0.3) is 5.91 Å². The molecule has 1 aliphatic heterocycles.